The van der Waals surface area contributed by atoms with E-state index in [1.807, 2.05) is 6.07 Å². The summed E-state index contributed by atoms with van der Waals surface area (Å²) >= 11 is 0. The minimum atomic E-state index is -4.10. The van der Waals surface area contributed by atoms with Crippen LogP contribution in [-0.4, -0.2) is 13.0 Å². The van der Waals surface area contributed by atoms with Gasteiger partial charge in [-0.05, 0) is 24.5 Å². The van der Waals surface area contributed by atoms with E-state index in [-0.39, 0.29) is 31.1 Å². The zero-order chi connectivity index (χ0) is 16.3. The van der Waals surface area contributed by atoms with E-state index in [4.69, 9.17) is 0 Å². The van der Waals surface area contributed by atoms with Crippen molar-refractivity contribution < 1.29 is 39.2 Å². The van der Waals surface area contributed by atoms with Gasteiger partial charge in [0.05, 0.1) is 4.90 Å². The van der Waals surface area contributed by atoms with Crippen molar-refractivity contribution in [3.05, 3.63) is 29.8 Å². The summed E-state index contributed by atoms with van der Waals surface area (Å²) in [4.78, 5) is 0.0610. The molecule has 1 aromatic carbocycles. The van der Waals surface area contributed by atoms with Crippen molar-refractivity contribution in [3.8, 4) is 0 Å². The third kappa shape index (κ3) is 10.5. The van der Waals surface area contributed by atoms with Crippen molar-refractivity contribution in [3.63, 3.8) is 0 Å². The molecule has 130 valence electrons. The average molecular weight is 418 g/mol. The maximum atomic E-state index is 11.3. The van der Waals surface area contributed by atoms with E-state index in [0.29, 0.717) is 6.42 Å². The van der Waals surface area contributed by atoms with E-state index in [1.165, 1.54) is 57.4 Å². The fraction of sp³-hybridized carbons (Fsp3) is 0.667. The Labute approximate surface area is 161 Å². The number of rotatable bonds is 12. The molecule has 5 heteroatoms. The molecule has 1 aromatic rings. The molecule has 0 aliphatic heterocycles. The number of benzene rings is 1. The van der Waals surface area contributed by atoms with Crippen molar-refractivity contribution in [2.45, 2.75) is 82.4 Å². The Balaban J connectivity index is 0.00000484. The molecule has 0 radical (unpaired) electrons. The maximum Gasteiger partial charge on any atom is 0.294 e. The van der Waals surface area contributed by atoms with Crippen LogP contribution in [0.15, 0.2) is 29.2 Å². The average Bonchev–Trinajstić information content (AvgIpc) is 2.48. The molecule has 0 bridgehead atoms. The third-order valence-electron chi connectivity index (χ3n) is 4.05. The van der Waals surface area contributed by atoms with Gasteiger partial charge in [0.25, 0.3) is 10.1 Å². The largest absolute Gasteiger partial charge is 0.294 e. The molecule has 1 rings (SSSR count). The van der Waals surface area contributed by atoms with Gasteiger partial charge in [0.1, 0.15) is 0 Å². The van der Waals surface area contributed by atoms with Crippen molar-refractivity contribution in [1.82, 2.24) is 0 Å². The molecular formula is C18H30O3SZr. The van der Waals surface area contributed by atoms with Gasteiger partial charge in [0.2, 0.25) is 0 Å². The van der Waals surface area contributed by atoms with Gasteiger partial charge in [-0.25, -0.2) is 0 Å². The number of hydrogen-bond acceptors (Lipinski definition) is 2. The second-order valence-electron chi connectivity index (χ2n) is 6.01. The van der Waals surface area contributed by atoms with Crippen LogP contribution in [0.1, 0.15) is 76.7 Å². The van der Waals surface area contributed by atoms with Crippen LogP contribution in [0.5, 0.6) is 0 Å². The van der Waals surface area contributed by atoms with E-state index in [2.05, 4.69) is 6.92 Å². The van der Waals surface area contributed by atoms with Crippen LogP contribution < -0.4 is 0 Å². The van der Waals surface area contributed by atoms with Crippen molar-refractivity contribution in [1.29, 1.82) is 0 Å². The number of aryl methyl sites for hydroxylation is 1. The van der Waals surface area contributed by atoms with Crippen molar-refractivity contribution in [2.24, 2.45) is 0 Å². The molecule has 1 N–H and O–H groups in total. The first-order valence-corrected chi connectivity index (χ1v) is 10.0. The monoisotopic (exact) mass is 416 g/mol. The Morgan fingerprint density at radius 3 is 1.83 bits per heavy atom. The van der Waals surface area contributed by atoms with Crippen LogP contribution >= 0.6 is 0 Å². The van der Waals surface area contributed by atoms with Gasteiger partial charge >= 0.3 is 0 Å². The number of hydrogen-bond donors (Lipinski definition) is 1. The fourth-order valence-corrected chi connectivity index (χ4v) is 3.52. The first kappa shape index (κ1) is 23.0. The molecule has 3 nitrogen and oxygen atoms in total. The molecule has 0 aliphatic rings. The summed E-state index contributed by atoms with van der Waals surface area (Å²) in [6.45, 7) is 2.24. The third-order valence-corrected chi connectivity index (χ3v) is 5.00. The maximum absolute atomic E-state index is 11.3. The van der Waals surface area contributed by atoms with Gasteiger partial charge in [0, 0.05) is 26.2 Å². The molecule has 23 heavy (non-hydrogen) atoms. The van der Waals surface area contributed by atoms with Crippen LogP contribution in [0.2, 0.25) is 0 Å². The molecule has 0 heterocycles. The standard InChI is InChI=1S/C18H30O3S.Zr/c1-2-3-4-5-6-7-8-9-10-11-14-17-15-12-13-16-18(17)22(19,20)21;/h12-13,15-16H,2-11,14H2,1H3,(H,19,20,21);. The summed E-state index contributed by atoms with van der Waals surface area (Å²) in [5.41, 5.74) is 0.726. The molecule has 0 fully saturated rings. The van der Waals surface area contributed by atoms with Crippen LogP contribution in [-0.2, 0) is 42.7 Å². The second-order valence-corrected chi connectivity index (χ2v) is 7.40. The van der Waals surface area contributed by atoms with E-state index in [0.717, 1.165) is 18.4 Å². The van der Waals surface area contributed by atoms with Crippen molar-refractivity contribution in [2.75, 3.05) is 0 Å². The summed E-state index contributed by atoms with van der Waals surface area (Å²) in [6.07, 6.45) is 13.3. The van der Waals surface area contributed by atoms with Gasteiger partial charge in [-0.2, -0.15) is 8.42 Å². The summed E-state index contributed by atoms with van der Waals surface area (Å²) in [5.74, 6) is 0. The van der Waals surface area contributed by atoms with Crippen LogP contribution in [0.4, 0.5) is 0 Å². The summed E-state index contributed by atoms with van der Waals surface area (Å²) in [7, 11) is -4.10. The zero-order valence-corrected chi connectivity index (χ0v) is 17.5. The molecule has 0 amide bonds. The molecule has 0 spiro atoms. The predicted octanol–water partition coefficient (Wildman–Crippen LogP) is 5.39. The Morgan fingerprint density at radius 2 is 1.30 bits per heavy atom. The zero-order valence-electron chi connectivity index (χ0n) is 14.3. The Morgan fingerprint density at radius 1 is 0.826 bits per heavy atom. The molecule has 0 saturated heterocycles. The van der Waals surface area contributed by atoms with Crippen LogP contribution in [0.3, 0.4) is 0 Å². The Hall–Kier alpha value is 0.0131. The van der Waals surface area contributed by atoms with E-state index in [1.54, 1.807) is 12.1 Å². The topological polar surface area (TPSA) is 54.4 Å². The van der Waals surface area contributed by atoms with Gasteiger partial charge in [-0.3, -0.25) is 4.55 Å². The summed E-state index contributed by atoms with van der Waals surface area (Å²) in [6, 6.07) is 6.73. The first-order valence-electron chi connectivity index (χ1n) is 8.61. The summed E-state index contributed by atoms with van der Waals surface area (Å²) in [5, 5.41) is 0. The minimum Gasteiger partial charge on any atom is -0.282 e. The van der Waals surface area contributed by atoms with E-state index in [9.17, 15) is 13.0 Å². The van der Waals surface area contributed by atoms with Crippen LogP contribution in [0, 0.1) is 0 Å². The van der Waals surface area contributed by atoms with Crippen LogP contribution in [0.25, 0.3) is 0 Å². The Kier molecular flexibility index (Phi) is 13.3. The molecular weight excluding hydrogens is 387 g/mol. The molecule has 0 aliphatic carbocycles. The minimum absolute atomic E-state index is 0. The summed E-state index contributed by atoms with van der Waals surface area (Å²) < 4.78 is 31.8. The molecule has 0 aromatic heterocycles. The smallest absolute Gasteiger partial charge is 0.282 e. The quantitative estimate of drug-likeness (QED) is 0.366. The fourth-order valence-electron chi connectivity index (χ4n) is 2.76. The Bertz CT molecular complexity index is 515. The van der Waals surface area contributed by atoms with Crippen molar-refractivity contribution >= 4 is 10.1 Å². The van der Waals surface area contributed by atoms with Gasteiger partial charge in [0.15, 0.2) is 0 Å². The first-order chi connectivity index (χ1) is 10.6. The predicted molar refractivity (Wildman–Crippen MR) is 91.8 cm³/mol. The second kappa shape index (κ2) is 13.3. The van der Waals surface area contributed by atoms with E-state index < -0.39 is 10.1 Å². The molecule has 0 unspecified atom stereocenters. The van der Waals surface area contributed by atoms with E-state index >= 15 is 0 Å². The molecule has 0 saturated carbocycles. The van der Waals surface area contributed by atoms with Gasteiger partial charge in [-0.15, -0.1) is 0 Å². The number of unbranched alkanes of at least 4 members (excludes halogenated alkanes) is 9. The normalized spacial score (nSPS) is 11.2. The SMILES string of the molecule is CCCCCCCCCCCCc1ccccc1S(=O)(=O)O.[Zr]. The van der Waals surface area contributed by atoms with Gasteiger partial charge in [-0.1, -0.05) is 82.9 Å². The van der Waals surface area contributed by atoms with Gasteiger partial charge < -0.3 is 0 Å². The molecule has 0 atom stereocenters.